The Labute approximate surface area is 130 Å². The quantitative estimate of drug-likeness (QED) is 0.516. The van der Waals surface area contributed by atoms with Gasteiger partial charge in [0.15, 0.2) is 0 Å². The van der Waals surface area contributed by atoms with Crippen molar-refractivity contribution >= 4 is 11.7 Å². The highest BCUT2D eigenvalue weighted by atomic mass is 16.5. The number of nitrogens with zero attached hydrogens (tertiary/aromatic N) is 1. The lowest BCUT2D eigenvalue weighted by Crippen LogP contribution is -2.27. The number of rotatable bonds is 4. The van der Waals surface area contributed by atoms with Crippen LogP contribution in [0, 0.1) is 0 Å². The second-order valence-electron chi connectivity index (χ2n) is 5.08. The molecule has 116 valence electrons. The molecule has 0 amide bonds. The smallest absolute Gasteiger partial charge is 0.282 e. The van der Waals surface area contributed by atoms with E-state index in [0.717, 1.165) is 16.9 Å². The zero-order valence-corrected chi connectivity index (χ0v) is 13.0. The van der Waals surface area contributed by atoms with Crippen LogP contribution in [0.15, 0.2) is 53.5 Å². The van der Waals surface area contributed by atoms with Gasteiger partial charge in [-0.15, -0.1) is 0 Å². The molecule has 2 aromatic rings. The third-order valence-corrected chi connectivity index (χ3v) is 3.64. The molecule has 1 atom stereocenters. The monoisotopic (exact) mass is 299 g/mol. The van der Waals surface area contributed by atoms with Gasteiger partial charge < -0.3 is 20.9 Å². The summed E-state index contributed by atoms with van der Waals surface area (Å²) in [4.78, 5) is 4.54. The third kappa shape index (κ3) is 3.14. The van der Waals surface area contributed by atoms with E-state index in [4.69, 9.17) is 20.9 Å². The van der Waals surface area contributed by atoms with Crippen LogP contribution in [0.5, 0.6) is 5.75 Å². The number of amidine groups is 1. The highest BCUT2D eigenvalue weighted by Gasteiger charge is 2.29. The summed E-state index contributed by atoms with van der Waals surface area (Å²) in [6.45, 7) is 1.97. The van der Waals surface area contributed by atoms with Crippen LogP contribution >= 0.6 is 0 Å². The molecule has 0 bridgehead atoms. The summed E-state index contributed by atoms with van der Waals surface area (Å²) in [6.07, 6.45) is 0. The molecular weight excluding hydrogens is 278 g/mol. The molecule has 4 N–H and O–H groups in total. The summed E-state index contributed by atoms with van der Waals surface area (Å²) in [6, 6.07) is 15.4. The summed E-state index contributed by atoms with van der Waals surface area (Å²) in [7, 11) is 3.12. The number of hydrogen-bond donors (Lipinski definition) is 2. The van der Waals surface area contributed by atoms with Crippen LogP contribution in [0.3, 0.4) is 0 Å². The van der Waals surface area contributed by atoms with Crippen molar-refractivity contribution < 1.29 is 9.47 Å². The molecule has 1 unspecified atom stereocenters. The standard InChI is InChI=1S/C17H21N3O2/c1-17(20-16(19)22-3,13-5-4-6-14(18)11-13)12-7-9-15(21-2)10-8-12/h4-11H,18H2,1-3H3,(H2,19,20). The summed E-state index contributed by atoms with van der Waals surface area (Å²) in [5.41, 5.74) is 13.6. The Hall–Kier alpha value is -2.69. The first kappa shape index (κ1) is 15.7. The first-order valence-corrected chi connectivity index (χ1v) is 6.89. The molecule has 0 aliphatic rings. The molecule has 0 spiro atoms. The molecule has 5 nitrogen and oxygen atoms in total. The second kappa shape index (κ2) is 6.39. The van der Waals surface area contributed by atoms with Gasteiger partial charge in [-0.2, -0.15) is 0 Å². The highest BCUT2D eigenvalue weighted by Crippen LogP contribution is 2.35. The Morgan fingerprint density at radius 1 is 1.05 bits per heavy atom. The van der Waals surface area contributed by atoms with Gasteiger partial charge in [0, 0.05) is 5.69 Å². The lowest BCUT2D eigenvalue weighted by molar-refractivity contribution is 0.385. The van der Waals surface area contributed by atoms with Gasteiger partial charge in [0.05, 0.1) is 14.2 Å². The molecule has 0 radical (unpaired) electrons. The van der Waals surface area contributed by atoms with Gasteiger partial charge in [-0.05, 0) is 42.3 Å². The maximum Gasteiger partial charge on any atom is 0.282 e. The number of benzene rings is 2. The van der Waals surface area contributed by atoms with Gasteiger partial charge in [-0.1, -0.05) is 24.3 Å². The molecular formula is C17H21N3O2. The van der Waals surface area contributed by atoms with Crippen molar-refractivity contribution in [2.75, 3.05) is 20.0 Å². The predicted molar refractivity (Wildman–Crippen MR) is 88.9 cm³/mol. The molecule has 22 heavy (non-hydrogen) atoms. The first-order valence-electron chi connectivity index (χ1n) is 6.89. The number of hydrogen-bond acceptors (Lipinski definition) is 4. The van der Waals surface area contributed by atoms with E-state index in [9.17, 15) is 0 Å². The third-order valence-electron chi connectivity index (χ3n) is 3.64. The SMILES string of the molecule is COC(N)=NC(C)(c1ccc(OC)cc1)c1cccc(N)c1. The number of nitrogen functional groups attached to an aromatic ring is 1. The molecule has 0 aromatic heterocycles. The highest BCUT2D eigenvalue weighted by molar-refractivity contribution is 5.72. The van der Waals surface area contributed by atoms with Gasteiger partial charge in [-0.3, -0.25) is 0 Å². The van der Waals surface area contributed by atoms with E-state index in [0.29, 0.717) is 5.69 Å². The Balaban J connectivity index is 2.59. The number of nitrogens with two attached hydrogens (primary N) is 2. The molecule has 0 saturated heterocycles. The molecule has 0 aliphatic carbocycles. The van der Waals surface area contributed by atoms with Crippen molar-refractivity contribution in [1.82, 2.24) is 0 Å². The lowest BCUT2D eigenvalue weighted by Gasteiger charge is -2.27. The van der Waals surface area contributed by atoms with Gasteiger partial charge in [0.1, 0.15) is 11.3 Å². The minimum absolute atomic E-state index is 0.112. The van der Waals surface area contributed by atoms with Crippen LogP contribution in [0.25, 0.3) is 0 Å². The second-order valence-corrected chi connectivity index (χ2v) is 5.08. The fourth-order valence-corrected chi connectivity index (χ4v) is 2.32. The maximum absolute atomic E-state index is 5.91. The van der Waals surface area contributed by atoms with Crippen LogP contribution in [0.2, 0.25) is 0 Å². The van der Waals surface area contributed by atoms with Crippen molar-refractivity contribution in [2.45, 2.75) is 12.5 Å². The van der Waals surface area contributed by atoms with Crippen molar-refractivity contribution in [3.63, 3.8) is 0 Å². The Kier molecular flexibility index (Phi) is 4.56. The van der Waals surface area contributed by atoms with Crippen molar-refractivity contribution in [1.29, 1.82) is 0 Å². The predicted octanol–water partition coefficient (Wildman–Crippen LogP) is 2.50. The first-order chi connectivity index (χ1) is 10.5. The van der Waals surface area contributed by atoms with E-state index in [2.05, 4.69) is 4.99 Å². The summed E-state index contributed by atoms with van der Waals surface area (Å²) in [5.74, 6) is 0.780. The zero-order valence-electron chi connectivity index (χ0n) is 13.0. The number of aliphatic imine (C=N–C) groups is 1. The summed E-state index contributed by atoms with van der Waals surface area (Å²) in [5, 5.41) is 0. The zero-order chi connectivity index (χ0) is 16.2. The topological polar surface area (TPSA) is 82.9 Å². The van der Waals surface area contributed by atoms with E-state index < -0.39 is 5.54 Å². The van der Waals surface area contributed by atoms with E-state index >= 15 is 0 Å². The van der Waals surface area contributed by atoms with Crippen molar-refractivity contribution in [3.8, 4) is 5.75 Å². The Morgan fingerprint density at radius 2 is 1.73 bits per heavy atom. The van der Waals surface area contributed by atoms with Crippen LogP contribution < -0.4 is 16.2 Å². The van der Waals surface area contributed by atoms with Crippen LogP contribution in [0.1, 0.15) is 18.1 Å². The molecule has 0 heterocycles. The average Bonchev–Trinajstić information content (AvgIpc) is 2.54. The Bertz CT molecular complexity index is 668. The van der Waals surface area contributed by atoms with Crippen molar-refractivity contribution in [3.05, 3.63) is 59.7 Å². The number of anilines is 1. The van der Waals surface area contributed by atoms with Gasteiger partial charge in [0.25, 0.3) is 6.02 Å². The van der Waals surface area contributed by atoms with Crippen LogP contribution in [-0.4, -0.2) is 20.2 Å². The molecule has 2 aromatic carbocycles. The lowest BCUT2D eigenvalue weighted by atomic mass is 9.85. The minimum atomic E-state index is -0.707. The van der Waals surface area contributed by atoms with E-state index in [1.807, 2.05) is 55.5 Å². The van der Waals surface area contributed by atoms with Gasteiger partial charge in [0.2, 0.25) is 0 Å². The van der Waals surface area contributed by atoms with Gasteiger partial charge in [-0.25, -0.2) is 4.99 Å². The van der Waals surface area contributed by atoms with Crippen LogP contribution in [0.4, 0.5) is 5.69 Å². The van der Waals surface area contributed by atoms with E-state index in [1.165, 1.54) is 7.11 Å². The number of ether oxygens (including phenoxy) is 2. The fraction of sp³-hybridized carbons (Fsp3) is 0.235. The minimum Gasteiger partial charge on any atom is -0.497 e. The molecule has 2 rings (SSSR count). The average molecular weight is 299 g/mol. The largest absolute Gasteiger partial charge is 0.497 e. The number of methoxy groups -OCH3 is 2. The molecule has 0 fully saturated rings. The normalized spacial score (nSPS) is 14.2. The Morgan fingerprint density at radius 3 is 2.27 bits per heavy atom. The molecule has 0 aliphatic heterocycles. The van der Waals surface area contributed by atoms with Crippen LogP contribution in [-0.2, 0) is 10.3 Å². The van der Waals surface area contributed by atoms with E-state index in [1.54, 1.807) is 7.11 Å². The summed E-state index contributed by atoms with van der Waals surface area (Å²) < 4.78 is 10.2. The molecule has 5 heteroatoms. The molecule has 0 saturated carbocycles. The maximum atomic E-state index is 5.91. The summed E-state index contributed by atoms with van der Waals surface area (Å²) >= 11 is 0. The van der Waals surface area contributed by atoms with E-state index in [-0.39, 0.29) is 6.02 Å². The van der Waals surface area contributed by atoms with Crippen molar-refractivity contribution in [2.24, 2.45) is 10.7 Å². The fourth-order valence-electron chi connectivity index (χ4n) is 2.32. The van der Waals surface area contributed by atoms with Gasteiger partial charge >= 0.3 is 0 Å².